The van der Waals surface area contributed by atoms with Crippen LogP contribution in [0.1, 0.15) is 12.8 Å². The van der Waals surface area contributed by atoms with Crippen molar-refractivity contribution in [3.05, 3.63) is 22.7 Å². The number of carbonyl (C=O) groups is 1. The fourth-order valence-corrected chi connectivity index (χ4v) is 2.11. The highest BCUT2D eigenvalue weighted by Gasteiger charge is 2.20. The summed E-state index contributed by atoms with van der Waals surface area (Å²) < 4.78 is 0.986. The molecule has 5 heteroatoms. The molecule has 0 radical (unpaired) electrons. The van der Waals surface area contributed by atoms with Gasteiger partial charge < -0.3 is 16.4 Å². The lowest BCUT2D eigenvalue weighted by atomic mass is 10.2. The van der Waals surface area contributed by atoms with Gasteiger partial charge in [-0.05, 0) is 24.6 Å². The fourth-order valence-electron chi connectivity index (χ4n) is 1.75. The maximum atomic E-state index is 11.0. The van der Waals surface area contributed by atoms with Crippen LogP contribution in [-0.2, 0) is 4.79 Å². The van der Waals surface area contributed by atoms with Gasteiger partial charge in [-0.2, -0.15) is 0 Å². The number of nitrogens with two attached hydrogens (primary N) is 1. The molecule has 1 atom stereocenters. The lowest BCUT2D eigenvalue weighted by Gasteiger charge is -2.14. The van der Waals surface area contributed by atoms with E-state index < -0.39 is 0 Å². The Morgan fingerprint density at radius 3 is 3.06 bits per heavy atom. The van der Waals surface area contributed by atoms with Crippen molar-refractivity contribution >= 4 is 33.2 Å². The number of nitrogen functional groups attached to an aromatic ring is 1. The smallest absolute Gasteiger partial charge is 0.220 e. The predicted molar refractivity (Wildman–Crippen MR) is 68.2 cm³/mol. The Hall–Kier alpha value is -1.23. The van der Waals surface area contributed by atoms with Crippen molar-refractivity contribution in [1.29, 1.82) is 0 Å². The summed E-state index contributed by atoms with van der Waals surface area (Å²) >= 11 is 3.39. The quantitative estimate of drug-likeness (QED) is 0.740. The van der Waals surface area contributed by atoms with Crippen molar-refractivity contribution in [2.75, 3.05) is 17.6 Å². The summed E-state index contributed by atoms with van der Waals surface area (Å²) in [6.45, 7) is 0.715. The van der Waals surface area contributed by atoms with E-state index in [2.05, 4.69) is 26.6 Å². The number of hydrogen-bond acceptors (Lipinski definition) is 3. The van der Waals surface area contributed by atoms with Gasteiger partial charge in [0.1, 0.15) is 0 Å². The SMILES string of the molecule is Nc1ccc(Br)cc1NCC1CCC(=O)N1. The molecule has 0 aromatic heterocycles. The van der Waals surface area contributed by atoms with E-state index in [1.165, 1.54) is 0 Å². The van der Waals surface area contributed by atoms with Crippen molar-refractivity contribution < 1.29 is 4.79 Å². The zero-order chi connectivity index (χ0) is 11.5. The summed E-state index contributed by atoms with van der Waals surface area (Å²) in [5.41, 5.74) is 7.44. The van der Waals surface area contributed by atoms with E-state index in [4.69, 9.17) is 5.73 Å². The van der Waals surface area contributed by atoms with Crippen LogP contribution in [0.15, 0.2) is 22.7 Å². The predicted octanol–water partition coefficient (Wildman–Crippen LogP) is 1.72. The molecule has 16 heavy (non-hydrogen) atoms. The molecule has 1 saturated heterocycles. The van der Waals surface area contributed by atoms with Crippen LogP contribution < -0.4 is 16.4 Å². The first-order valence-corrected chi connectivity index (χ1v) is 6.03. The van der Waals surface area contributed by atoms with Crippen molar-refractivity contribution in [3.8, 4) is 0 Å². The average molecular weight is 284 g/mol. The first-order chi connectivity index (χ1) is 7.65. The zero-order valence-corrected chi connectivity index (χ0v) is 10.4. The standard InChI is InChI=1S/C11H14BrN3O/c12-7-1-3-9(13)10(5-7)14-6-8-2-4-11(16)15-8/h1,3,5,8,14H,2,4,6,13H2,(H,15,16). The molecule has 1 unspecified atom stereocenters. The zero-order valence-electron chi connectivity index (χ0n) is 8.79. The molecule has 0 saturated carbocycles. The van der Waals surface area contributed by atoms with E-state index in [9.17, 15) is 4.79 Å². The highest BCUT2D eigenvalue weighted by Crippen LogP contribution is 2.23. The Bertz CT molecular complexity index is 408. The molecule has 86 valence electrons. The summed E-state index contributed by atoms with van der Waals surface area (Å²) in [5, 5.41) is 6.15. The van der Waals surface area contributed by atoms with Gasteiger partial charge in [0, 0.05) is 23.5 Å². The highest BCUT2D eigenvalue weighted by atomic mass is 79.9. The fraction of sp³-hybridized carbons (Fsp3) is 0.364. The van der Waals surface area contributed by atoms with Crippen molar-refractivity contribution in [2.24, 2.45) is 0 Å². The third-order valence-corrected chi connectivity index (χ3v) is 3.13. The molecule has 1 aliphatic heterocycles. The van der Waals surface area contributed by atoms with Gasteiger partial charge in [0.15, 0.2) is 0 Å². The van der Waals surface area contributed by atoms with Crippen LogP contribution in [0.2, 0.25) is 0 Å². The maximum Gasteiger partial charge on any atom is 0.220 e. The minimum Gasteiger partial charge on any atom is -0.397 e. The van der Waals surface area contributed by atoms with Gasteiger partial charge >= 0.3 is 0 Å². The van der Waals surface area contributed by atoms with E-state index in [1.807, 2.05) is 18.2 Å². The van der Waals surface area contributed by atoms with Crippen molar-refractivity contribution in [1.82, 2.24) is 5.32 Å². The molecule has 0 aliphatic carbocycles. The topological polar surface area (TPSA) is 67.1 Å². The lowest BCUT2D eigenvalue weighted by Crippen LogP contribution is -2.31. The summed E-state index contributed by atoms with van der Waals surface area (Å²) in [6.07, 6.45) is 1.51. The molecule has 0 spiro atoms. The highest BCUT2D eigenvalue weighted by molar-refractivity contribution is 9.10. The molecule has 1 fully saturated rings. The van der Waals surface area contributed by atoms with Crippen LogP contribution in [0.3, 0.4) is 0 Å². The van der Waals surface area contributed by atoms with Gasteiger partial charge in [0.25, 0.3) is 0 Å². The molecule has 1 amide bonds. The van der Waals surface area contributed by atoms with Crippen LogP contribution in [-0.4, -0.2) is 18.5 Å². The van der Waals surface area contributed by atoms with Gasteiger partial charge in [-0.25, -0.2) is 0 Å². The van der Waals surface area contributed by atoms with E-state index in [-0.39, 0.29) is 11.9 Å². The van der Waals surface area contributed by atoms with Crippen LogP contribution in [0, 0.1) is 0 Å². The minimum absolute atomic E-state index is 0.133. The van der Waals surface area contributed by atoms with Gasteiger partial charge in [-0.15, -0.1) is 0 Å². The molecule has 0 bridgehead atoms. The summed E-state index contributed by atoms with van der Waals surface area (Å²) in [5.74, 6) is 0.133. The lowest BCUT2D eigenvalue weighted by molar-refractivity contribution is -0.119. The molecule has 1 heterocycles. The third kappa shape index (κ3) is 2.66. The van der Waals surface area contributed by atoms with Gasteiger partial charge in [0.2, 0.25) is 5.91 Å². The number of nitrogens with one attached hydrogen (secondary N) is 2. The van der Waals surface area contributed by atoms with Gasteiger partial charge in [-0.1, -0.05) is 15.9 Å². The molecule has 1 aromatic carbocycles. The molecule has 1 aromatic rings. The Kier molecular flexibility index (Phi) is 3.33. The second-order valence-corrected chi connectivity index (χ2v) is 4.83. The van der Waals surface area contributed by atoms with Crippen molar-refractivity contribution in [2.45, 2.75) is 18.9 Å². The van der Waals surface area contributed by atoms with E-state index in [0.29, 0.717) is 18.7 Å². The molecule has 1 aliphatic rings. The van der Waals surface area contributed by atoms with Crippen LogP contribution in [0.25, 0.3) is 0 Å². The Labute approximate surface area is 103 Å². The van der Waals surface area contributed by atoms with E-state index in [0.717, 1.165) is 16.6 Å². The van der Waals surface area contributed by atoms with E-state index in [1.54, 1.807) is 0 Å². The number of benzene rings is 1. The summed E-state index contributed by atoms with van der Waals surface area (Å²) in [4.78, 5) is 11.0. The number of hydrogen-bond donors (Lipinski definition) is 3. The monoisotopic (exact) mass is 283 g/mol. The molecule has 2 rings (SSSR count). The minimum atomic E-state index is 0.133. The maximum absolute atomic E-state index is 11.0. The number of rotatable bonds is 3. The third-order valence-electron chi connectivity index (χ3n) is 2.64. The molecular weight excluding hydrogens is 270 g/mol. The van der Waals surface area contributed by atoms with Crippen molar-refractivity contribution in [3.63, 3.8) is 0 Å². The normalized spacial score (nSPS) is 19.6. The van der Waals surface area contributed by atoms with Crippen LogP contribution in [0.4, 0.5) is 11.4 Å². The largest absolute Gasteiger partial charge is 0.397 e. The summed E-state index contributed by atoms with van der Waals surface area (Å²) in [6, 6.07) is 5.90. The number of carbonyl (C=O) groups excluding carboxylic acids is 1. The Balaban J connectivity index is 1.94. The van der Waals surface area contributed by atoms with Crippen LogP contribution in [0.5, 0.6) is 0 Å². The Morgan fingerprint density at radius 2 is 2.38 bits per heavy atom. The number of halogens is 1. The second kappa shape index (κ2) is 4.74. The summed E-state index contributed by atoms with van der Waals surface area (Å²) in [7, 11) is 0. The second-order valence-electron chi connectivity index (χ2n) is 3.92. The number of anilines is 2. The van der Waals surface area contributed by atoms with E-state index >= 15 is 0 Å². The van der Waals surface area contributed by atoms with Gasteiger partial charge in [0.05, 0.1) is 11.4 Å². The van der Waals surface area contributed by atoms with Crippen LogP contribution >= 0.6 is 15.9 Å². The number of amides is 1. The molecule has 4 N–H and O–H groups in total. The molecule has 4 nitrogen and oxygen atoms in total. The first-order valence-electron chi connectivity index (χ1n) is 5.23. The molecular formula is C11H14BrN3O. The first kappa shape index (κ1) is 11.3. The van der Waals surface area contributed by atoms with Gasteiger partial charge in [-0.3, -0.25) is 4.79 Å². The average Bonchev–Trinajstić information content (AvgIpc) is 2.66. The Morgan fingerprint density at radius 1 is 1.56 bits per heavy atom.